The summed E-state index contributed by atoms with van der Waals surface area (Å²) in [6.07, 6.45) is 4.50. The van der Waals surface area contributed by atoms with E-state index in [4.69, 9.17) is 9.47 Å². The molecule has 0 bridgehead atoms. The van der Waals surface area contributed by atoms with Gasteiger partial charge in [-0.1, -0.05) is 0 Å². The highest BCUT2D eigenvalue weighted by molar-refractivity contribution is 5.81. The van der Waals surface area contributed by atoms with Gasteiger partial charge in [-0.15, -0.1) is 7.05 Å². The summed E-state index contributed by atoms with van der Waals surface area (Å²) in [6, 6.07) is 12.1. The quantitative estimate of drug-likeness (QED) is 0.494. The highest BCUT2D eigenvalue weighted by Gasteiger charge is 2.26. The van der Waals surface area contributed by atoms with Crippen molar-refractivity contribution in [2.75, 3.05) is 20.1 Å². The second-order valence-electron chi connectivity index (χ2n) is 7.57. The third-order valence-corrected chi connectivity index (χ3v) is 5.58. The molecule has 0 amide bonds. The fourth-order valence-corrected chi connectivity index (χ4v) is 3.97. The molecule has 5 rings (SSSR count). The number of hydrogen-bond acceptors (Lipinski definition) is 4. The normalized spacial score (nSPS) is 18.2. The molecule has 1 fully saturated rings. The topological polar surface area (TPSA) is 67.7 Å². The Bertz CT molecular complexity index is 1250. The summed E-state index contributed by atoms with van der Waals surface area (Å²) in [5.74, 6) is -0.0709. The third-order valence-electron chi connectivity index (χ3n) is 5.58. The number of quaternary nitrogens is 1. The maximum Gasteiger partial charge on any atom is 0.247 e. The summed E-state index contributed by atoms with van der Waals surface area (Å²) in [5, 5.41) is 1.21. The lowest BCUT2D eigenvalue weighted by Crippen LogP contribution is -3.05. The molecule has 1 aliphatic rings. The SMILES string of the molecule is C[N-][NH+]1CC[C@@H](n2ccc3ncnc(Oc4ccc(Oc5ccc(F)cc5F)cc4)c32)C1. The van der Waals surface area contributed by atoms with Crippen molar-refractivity contribution in [3.05, 3.63) is 78.1 Å². The van der Waals surface area contributed by atoms with E-state index >= 15 is 0 Å². The molecule has 7 nitrogen and oxygen atoms in total. The first-order chi connectivity index (χ1) is 15.6. The van der Waals surface area contributed by atoms with Crippen molar-refractivity contribution in [3.63, 3.8) is 0 Å². The smallest absolute Gasteiger partial charge is 0.247 e. The van der Waals surface area contributed by atoms with Gasteiger partial charge in [-0.25, -0.2) is 13.8 Å². The molecule has 1 unspecified atom stereocenters. The molecule has 3 heterocycles. The van der Waals surface area contributed by atoms with E-state index in [1.54, 1.807) is 24.3 Å². The van der Waals surface area contributed by atoms with Crippen molar-refractivity contribution in [3.8, 4) is 23.1 Å². The highest BCUT2D eigenvalue weighted by Crippen LogP contribution is 2.32. The molecular weight excluding hydrogens is 416 g/mol. The second kappa shape index (κ2) is 8.52. The third kappa shape index (κ3) is 4.00. The molecule has 164 valence electrons. The van der Waals surface area contributed by atoms with Crippen LogP contribution in [0.1, 0.15) is 12.5 Å². The predicted octanol–water partition coefficient (Wildman–Crippen LogP) is 4.04. The van der Waals surface area contributed by atoms with E-state index in [0.717, 1.165) is 42.7 Å². The molecule has 0 radical (unpaired) electrons. The van der Waals surface area contributed by atoms with E-state index < -0.39 is 11.6 Å². The Hall–Kier alpha value is -3.56. The molecule has 32 heavy (non-hydrogen) atoms. The zero-order chi connectivity index (χ0) is 22.1. The summed E-state index contributed by atoms with van der Waals surface area (Å²) in [5.41, 5.74) is 6.00. The van der Waals surface area contributed by atoms with Crippen LogP contribution in [0.2, 0.25) is 0 Å². The minimum absolute atomic E-state index is 0.0537. The van der Waals surface area contributed by atoms with E-state index in [0.29, 0.717) is 23.4 Å². The van der Waals surface area contributed by atoms with Gasteiger partial charge in [0.2, 0.25) is 5.88 Å². The predicted molar refractivity (Wildman–Crippen MR) is 114 cm³/mol. The van der Waals surface area contributed by atoms with Crippen molar-refractivity contribution in [2.45, 2.75) is 12.5 Å². The largest absolute Gasteiger partial charge is 0.457 e. The Kier molecular flexibility index (Phi) is 5.42. The average Bonchev–Trinajstić information content (AvgIpc) is 3.44. The van der Waals surface area contributed by atoms with Crippen LogP contribution in [-0.2, 0) is 0 Å². The lowest BCUT2D eigenvalue weighted by Gasteiger charge is -2.23. The molecule has 1 aliphatic heterocycles. The summed E-state index contributed by atoms with van der Waals surface area (Å²) in [6.45, 7) is 1.89. The van der Waals surface area contributed by atoms with E-state index in [-0.39, 0.29) is 5.75 Å². The summed E-state index contributed by atoms with van der Waals surface area (Å²) >= 11 is 0. The van der Waals surface area contributed by atoms with Crippen LogP contribution in [0.4, 0.5) is 8.78 Å². The van der Waals surface area contributed by atoms with Crippen molar-refractivity contribution >= 4 is 11.0 Å². The van der Waals surface area contributed by atoms with Crippen LogP contribution < -0.4 is 14.5 Å². The van der Waals surface area contributed by atoms with E-state index in [2.05, 4.69) is 20.0 Å². The Morgan fingerprint density at radius 2 is 1.81 bits per heavy atom. The lowest BCUT2D eigenvalue weighted by atomic mass is 10.2. The molecular formula is C23H21F2N5O2. The fourth-order valence-electron chi connectivity index (χ4n) is 3.97. The molecule has 1 saturated heterocycles. The number of aromatic nitrogens is 3. The molecule has 0 saturated carbocycles. The maximum absolute atomic E-state index is 13.8. The van der Waals surface area contributed by atoms with E-state index in [1.807, 2.05) is 19.3 Å². The summed E-state index contributed by atoms with van der Waals surface area (Å²) < 4.78 is 40.6. The number of nitrogens with zero attached hydrogens (tertiary/aromatic N) is 4. The van der Waals surface area contributed by atoms with Gasteiger partial charge in [0.05, 0.1) is 24.6 Å². The van der Waals surface area contributed by atoms with Crippen LogP contribution in [0.5, 0.6) is 23.1 Å². The Morgan fingerprint density at radius 1 is 1.03 bits per heavy atom. The van der Waals surface area contributed by atoms with E-state index in [1.165, 1.54) is 17.4 Å². The van der Waals surface area contributed by atoms with Gasteiger partial charge in [0.25, 0.3) is 0 Å². The fraction of sp³-hybridized carbons (Fsp3) is 0.217. The Labute approximate surface area is 183 Å². The minimum atomic E-state index is -0.766. The van der Waals surface area contributed by atoms with Crippen molar-refractivity contribution < 1.29 is 23.3 Å². The second-order valence-corrected chi connectivity index (χ2v) is 7.57. The monoisotopic (exact) mass is 437 g/mol. The molecule has 0 spiro atoms. The number of benzene rings is 2. The molecule has 2 aromatic heterocycles. The Morgan fingerprint density at radius 3 is 2.53 bits per heavy atom. The van der Waals surface area contributed by atoms with Crippen LogP contribution >= 0.6 is 0 Å². The number of nitrogens with one attached hydrogen (secondary N) is 1. The maximum atomic E-state index is 13.8. The standard InChI is InChI=1S/C23H21F2N5O2/c1-26-29-10-8-16(13-29)30-11-9-20-22(30)23(28-14-27-20)32-18-5-3-17(4-6-18)31-21-7-2-15(24)12-19(21)25/h2-7,9,11-12,14,16,29H,8,10,13H2,1H3/t16-/m1/s1. The number of rotatable bonds is 6. The zero-order valence-corrected chi connectivity index (χ0v) is 17.3. The average molecular weight is 437 g/mol. The van der Waals surface area contributed by atoms with Gasteiger partial charge >= 0.3 is 0 Å². The molecule has 4 aromatic rings. The minimum Gasteiger partial charge on any atom is -0.457 e. The lowest BCUT2D eigenvalue weighted by molar-refractivity contribution is -0.848. The first kappa shape index (κ1) is 20.3. The molecule has 2 aromatic carbocycles. The van der Waals surface area contributed by atoms with Gasteiger partial charge in [-0.3, -0.25) is 0 Å². The highest BCUT2D eigenvalue weighted by atomic mass is 19.1. The van der Waals surface area contributed by atoms with Crippen LogP contribution in [0, 0.1) is 11.6 Å². The van der Waals surface area contributed by atoms with Gasteiger partial charge in [-0.05, 0) is 42.5 Å². The number of ether oxygens (including phenoxy) is 2. The Balaban J connectivity index is 1.37. The summed E-state index contributed by atoms with van der Waals surface area (Å²) in [4.78, 5) is 8.72. The van der Waals surface area contributed by atoms with Gasteiger partial charge in [0.15, 0.2) is 11.6 Å². The van der Waals surface area contributed by atoms with E-state index in [9.17, 15) is 8.78 Å². The first-order valence-electron chi connectivity index (χ1n) is 10.3. The number of fused-ring (bicyclic) bond motifs is 1. The van der Waals surface area contributed by atoms with Crippen LogP contribution in [-0.4, -0.2) is 34.7 Å². The molecule has 1 N–H and O–H groups in total. The van der Waals surface area contributed by atoms with Gasteiger partial charge in [0, 0.05) is 18.7 Å². The van der Waals surface area contributed by atoms with Gasteiger partial charge in [-0.2, -0.15) is 4.98 Å². The van der Waals surface area contributed by atoms with Crippen molar-refractivity contribution in [1.29, 1.82) is 0 Å². The van der Waals surface area contributed by atoms with Crippen molar-refractivity contribution in [1.82, 2.24) is 14.5 Å². The van der Waals surface area contributed by atoms with Crippen LogP contribution in [0.3, 0.4) is 0 Å². The molecule has 9 heteroatoms. The van der Waals surface area contributed by atoms with Gasteiger partial charge < -0.3 is 24.5 Å². The molecule has 2 atom stereocenters. The zero-order valence-electron chi connectivity index (χ0n) is 17.3. The number of hydrogen-bond donors (Lipinski definition) is 1. The van der Waals surface area contributed by atoms with Gasteiger partial charge in [0.1, 0.15) is 29.2 Å². The first-order valence-corrected chi connectivity index (χ1v) is 10.3. The van der Waals surface area contributed by atoms with Crippen LogP contribution in [0.15, 0.2) is 61.1 Å². The number of halogens is 2. The molecule has 0 aliphatic carbocycles. The summed E-state index contributed by atoms with van der Waals surface area (Å²) in [7, 11) is 1.83. The van der Waals surface area contributed by atoms with Crippen molar-refractivity contribution in [2.24, 2.45) is 0 Å². The van der Waals surface area contributed by atoms with Crippen LogP contribution in [0.25, 0.3) is 16.5 Å².